The number of aromatic nitrogens is 2. The third-order valence-corrected chi connectivity index (χ3v) is 8.69. The van der Waals surface area contributed by atoms with Crippen molar-refractivity contribution < 1.29 is 18.6 Å². The summed E-state index contributed by atoms with van der Waals surface area (Å²) in [7, 11) is -0.429. The molecule has 7 nitrogen and oxygen atoms in total. The van der Waals surface area contributed by atoms with E-state index in [0.29, 0.717) is 6.54 Å². The molecule has 2 atom stereocenters. The minimum absolute atomic E-state index is 0.0739. The zero-order chi connectivity index (χ0) is 27.7. The molecule has 1 N–H and O–H groups in total. The first-order valence-electron chi connectivity index (χ1n) is 13.1. The molecule has 1 saturated heterocycles. The fourth-order valence-electron chi connectivity index (χ4n) is 4.09. The van der Waals surface area contributed by atoms with Gasteiger partial charge >= 0.3 is 7.12 Å². The monoisotopic (exact) mass is 537 g/mol. The molecule has 1 aromatic heterocycles. The quantitative estimate of drug-likeness (QED) is 0.306. The van der Waals surface area contributed by atoms with Crippen LogP contribution in [0.1, 0.15) is 66.5 Å². The van der Waals surface area contributed by atoms with E-state index in [1.54, 1.807) is 6.20 Å². The van der Waals surface area contributed by atoms with Gasteiger partial charge in [-0.1, -0.05) is 24.3 Å². The molecular weight excluding hydrogens is 497 g/mol. The summed E-state index contributed by atoms with van der Waals surface area (Å²) < 4.78 is 35.7. The first kappa shape index (κ1) is 28.7. The lowest BCUT2D eigenvalue weighted by Crippen LogP contribution is -2.44. The van der Waals surface area contributed by atoms with Crippen molar-refractivity contribution in [2.75, 3.05) is 0 Å². The molecule has 1 aliphatic heterocycles. The zero-order valence-electron chi connectivity index (χ0n) is 23.8. The van der Waals surface area contributed by atoms with Gasteiger partial charge < -0.3 is 18.6 Å². The van der Waals surface area contributed by atoms with Crippen LogP contribution in [0.2, 0.25) is 0 Å². The largest absolute Gasteiger partial charge is 0.598 e. The first-order chi connectivity index (χ1) is 17.7. The van der Waals surface area contributed by atoms with Gasteiger partial charge in [0, 0.05) is 29.2 Å². The summed E-state index contributed by atoms with van der Waals surface area (Å²) in [6, 6.07) is 16.1. The van der Waals surface area contributed by atoms with Crippen LogP contribution in [-0.2, 0) is 33.6 Å². The topological polar surface area (TPSA) is 80.6 Å². The predicted octanol–water partition coefficient (Wildman–Crippen LogP) is 5.01. The normalized spacial score (nSPS) is 18.4. The van der Waals surface area contributed by atoms with Gasteiger partial charge in [-0.25, -0.2) is 0 Å². The van der Waals surface area contributed by atoms with Crippen molar-refractivity contribution in [3.63, 3.8) is 0 Å². The molecule has 0 saturated carbocycles. The number of rotatable bonds is 9. The average molecular weight is 538 g/mol. The van der Waals surface area contributed by atoms with Gasteiger partial charge in [0.2, 0.25) is 0 Å². The lowest BCUT2D eigenvalue weighted by atomic mass is 9.82. The van der Waals surface area contributed by atoms with Gasteiger partial charge in [0.05, 0.1) is 23.8 Å². The van der Waals surface area contributed by atoms with E-state index >= 15 is 0 Å². The Hall–Kier alpha value is -2.30. The zero-order valence-corrected chi connectivity index (χ0v) is 24.6. The smallest absolute Gasteiger partial charge is 0.498 e. The molecule has 0 spiro atoms. The number of hydrogen-bond acceptors (Lipinski definition) is 6. The minimum atomic E-state index is -1.11. The van der Waals surface area contributed by atoms with E-state index in [-0.39, 0.29) is 22.0 Å². The predicted molar refractivity (Wildman–Crippen MR) is 154 cm³/mol. The molecule has 0 aliphatic carbocycles. The standard InChI is InChI=1S/C29H40BN3O4S/c1-21(32-38(34)27(2,3)4)15-22-11-9-13-25(16-22)35-26-14-10-12-23(17-26)19-33-20-24(18-31-33)30-36-28(5,6)29(7,8)37-30/h9-14,16-18,20-21,32H,15,19H2,1-8H3/t21-,38?/m0/s1. The molecule has 0 amide bonds. The second kappa shape index (κ2) is 11.1. The van der Waals surface area contributed by atoms with E-state index in [2.05, 4.69) is 22.0 Å². The maximum absolute atomic E-state index is 12.4. The molecule has 0 radical (unpaired) electrons. The van der Waals surface area contributed by atoms with E-state index in [1.165, 1.54) is 0 Å². The molecule has 0 bridgehead atoms. The van der Waals surface area contributed by atoms with Gasteiger partial charge in [-0.15, -0.1) is 4.72 Å². The number of nitrogens with zero attached hydrogens (tertiary/aromatic N) is 2. The third kappa shape index (κ3) is 7.01. The summed E-state index contributed by atoms with van der Waals surface area (Å²) in [5.74, 6) is 1.53. The van der Waals surface area contributed by atoms with E-state index in [9.17, 15) is 4.55 Å². The summed E-state index contributed by atoms with van der Waals surface area (Å²) in [5.41, 5.74) is 2.33. The molecule has 2 aromatic carbocycles. The van der Waals surface area contributed by atoms with Crippen molar-refractivity contribution in [3.8, 4) is 11.5 Å². The highest BCUT2D eigenvalue weighted by molar-refractivity contribution is 7.90. The van der Waals surface area contributed by atoms with E-state index in [0.717, 1.165) is 34.5 Å². The molecule has 1 aliphatic rings. The van der Waals surface area contributed by atoms with Crippen LogP contribution in [0.15, 0.2) is 60.9 Å². The summed E-state index contributed by atoms with van der Waals surface area (Å²) in [5, 5.41) is 4.53. The van der Waals surface area contributed by atoms with Crippen LogP contribution in [0.3, 0.4) is 0 Å². The third-order valence-electron chi connectivity index (χ3n) is 6.96. The Morgan fingerprint density at radius 1 is 1.03 bits per heavy atom. The van der Waals surface area contributed by atoms with Crippen molar-refractivity contribution in [3.05, 3.63) is 72.1 Å². The minimum Gasteiger partial charge on any atom is -0.598 e. The summed E-state index contributed by atoms with van der Waals surface area (Å²) in [6.07, 6.45) is 4.53. The summed E-state index contributed by atoms with van der Waals surface area (Å²) in [4.78, 5) is 0. The van der Waals surface area contributed by atoms with Gasteiger partial charge in [0.25, 0.3) is 0 Å². The first-order valence-corrected chi connectivity index (χ1v) is 14.3. The van der Waals surface area contributed by atoms with Crippen LogP contribution >= 0.6 is 0 Å². The van der Waals surface area contributed by atoms with Crippen molar-refractivity contribution >= 4 is 23.9 Å². The molecule has 9 heteroatoms. The van der Waals surface area contributed by atoms with Crippen molar-refractivity contribution in [1.82, 2.24) is 14.5 Å². The van der Waals surface area contributed by atoms with Crippen LogP contribution < -0.4 is 14.9 Å². The molecule has 204 valence electrons. The van der Waals surface area contributed by atoms with Crippen LogP contribution in [0, 0.1) is 0 Å². The van der Waals surface area contributed by atoms with Gasteiger partial charge in [-0.05, 0) is 97.2 Å². The van der Waals surface area contributed by atoms with Gasteiger partial charge in [0.1, 0.15) is 16.2 Å². The number of ether oxygens (including phenoxy) is 1. The molecule has 1 unspecified atom stereocenters. The molecule has 2 heterocycles. The van der Waals surface area contributed by atoms with Gasteiger partial charge in [0.15, 0.2) is 0 Å². The molecular formula is C29H40BN3O4S. The fraction of sp³-hybridized carbons (Fsp3) is 0.483. The summed E-state index contributed by atoms with van der Waals surface area (Å²) in [6.45, 7) is 16.7. The average Bonchev–Trinajstić information content (AvgIpc) is 3.34. The van der Waals surface area contributed by atoms with Crippen molar-refractivity contribution in [2.45, 2.75) is 90.3 Å². The Bertz CT molecular complexity index is 1220. The van der Waals surface area contributed by atoms with Crippen LogP contribution in [-0.4, -0.2) is 43.4 Å². The van der Waals surface area contributed by atoms with Crippen LogP contribution in [0.25, 0.3) is 0 Å². The maximum Gasteiger partial charge on any atom is 0.498 e. The van der Waals surface area contributed by atoms with E-state index in [4.69, 9.17) is 14.0 Å². The van der Waals surface area contributed by atoms with Gasteiger partial charge in [-0.2, -0.15) is 5.10 Å². The molecule has 38 heavy (non-hydrogen) atoms. The molecule has 4 rings (SSSR count). The van der Waals surface area contributed by atoms with E-state index < -0.39 is 18.5 Å². The highest BCUT2D eigenvalue weighted by Crippen LogP contribution is 2.36. The maximum atomic E-state index is 12.4. The van der Waals surface area contributed by atoms with Crippen molar-refractivity contribution in [2.24, 2.45) is 0 Å². The van der Waals surface area contributed by atoms with Crippen LogP contribution in [0.4, 0.5) is 0 Å². The Balaban J connectivity index is 1.37. The van der Waals surface area contributed by atoms with Gasteiger partial charge in [-0.3, -0.25) is 4.68 Å². The lowest BCUT2D eigenvalue weighted by Gasteiger charge is -2.32. The number of nitrogens with one attached hydrogen (secondary N) is 1. The SMILES string of the molecule is C[C@@H](Cc1cccc(Oc2cccc(Cn3cc(B4OC(C)(C)C(C)(C)O4)cn3)c2)c1)N[S+]([O-])C(C)(C)C. The highest BCUT2D eigenvalue weighted by atomic mass is 32.2. The Morgan fingerprint density at radius 3 is 2.21 bits per heavy atom. The second-order valence-corrected chi connectivity index (χ2v) is 14.1. The Morgan fingerprint density at radius 2 is 1.61 bits per heavy atom. The molecule has 3 aromatic rings. The Labute approximate surface area is 230 Å². The summed E-state index contributed by atoms with van der Waals surface area (Å²) >= 11 is -1.11. The molecule has 1 fully saturated rings. The number of benzene rings is 2. The lowest BCUT2D eigenvalue weighted by molar-refractivity contribution is 0.00578. The van der Waals surface area contributed by atoms with Crippen LogP contribution in [0.5, 0.6) is 11.5 Å². The highest BCUT2D eigenvalue weighted by Gasteiger charge is 2.52. The second-order valence-electron chi connectivity index (χ2n) is 12.1. The Kier molecular flexibility index (Phi) is 8.36. The number of hydrogen-bond donors (Lipinski definition) is 1. The van der Waals surface area contributed by atoms with Crippen molar-refractivity contribution in [1.29, 1.82) is 0 Å². The fourth-order valence-corrected chi connectivity index (χ4v) is 4.89. The van der Waals surface area contributed by atoms with E-state index in [1.807, 2.05) is 103 Å².